The van der Waals surface area contributed by atoms with Gasteiger partial charge in [-0.25, -0.2) is 0 Å². The van der Waals surface area contributed by atoms with E-state index in [-0.39, 0.29) is 5.75 Å². The van der Waals surface area contributed by atoms with E-state index in [2.05, 4.69) is 15.2 Å². The van der Waals surface area contributed by atoms with E-state index in [1.54, 1.807) is 18.2 Å². The molecule has 0 fully saturated rings. The first-order valence-electron chi connectivity index (χ1n) is 5.28. The van der Waals surface area contributed by atoms with Crippen molar-refractivity contribution in [3.8, 4) is 17.0 Å². The van der Waals surface area contributed by atoms with Crippen LogP contribution in [0.15, 0.2) is 24.3 Å². The highest BCUT2D eigenvalue weighted by atomic mass is 16.3. The Balaban J connectivity index is 2.39. The first kappa shape index (κ1) is 9.77. The van der Waals surface area contributed by atoms with E-state index in [1.807, 2.05) is 13.0 Å². The molecule has 2 heterocycles. The lowest BCUT2D eigenvalue weighted by Gasteiger charge is -1.99. The highest BCUT2D eigenvalue weighted by molar-refractivity contribution is 6.00. The largest absolute Gasteiger partial charge is 0.507 e. The topological polar surface area (TPSA) is 90.7 Å². The SMILES string of the molecule is Cc1[nH]c2cccc(O)c2c1-c1cc(N)n[nH]1. The van der Waals surface area contributed by atoms with Crippen molar-refractivity contribution in [1.29, 1.82) is 0 Å². The van der Waals surface area contributed by atoms with Gasteiger partial charge in [-0.1, -0.05) is 6.07 Å². The minimum atomic E-state index is 0.245. The lowest BCUT2D eigenvalue weighted by molar-refractivity contribution is 0.482. The van der Waals surface area contributed by atoms with Crippen LogP contribution in [0.25, 0.3) is 22.2 Å². The van der Waals surface area contributed by atoms with E-state index in [1.165, 1.54) is 0 Å². The van der Waals surface area contributed by atoms with Gasteiger partial charge in [0.25, 0.3) is 0 Å². The molecule has 0 bridgehead atoms. The van der Waals surface area contributed by atoms with E-state index >= 15 is 0 Å². The van der Waals surface area contributed by atoms with Gasteiger partial charge in [-0.2, -0.15) is 5.10 Å². The van der Waals surface area contributed by atoms with Crippen molar-refractivity contribution in [2.45, 2.75) is 6.92 Å². The summed E-state index contributed by atoms with van der Waals surface area (Å²) in [4.78, 5) is 3.23. The zero-order valence-corrected chi connectivity index (χ0v) is 9.28. The van der Waals surface area contributed by atoms with Gasteiger partial charge in [0.1, 0.15) is 11.6 Å². The monoisotopic (exact) mass is 228 g/mol. The minimum absolute atomic E-state index is 0.245. The van der Waals surface area contributed by atoms with E-state index in [4.69, 9.17) is 5.73 Å². The first-order chi connectivity index (χ1) is 8.16. The maximum absolute atomic E-state index is 9.95. The molecule has 5 N–H and O–H groups in total. The number of rotatable bonds is 1. The molecule has 17 heavy (non-hydrogen) atoms. The predicted molar refractivity (Wildman–Crippen MR) is 66.7 cm³/mol. The summed E-state index contributed by atoms with van der Waals surface area (Å²) in [5, 5.41) is 17.5. The fourth-order valence-electron chi connectivity index (χ4n) is 2.16. The summed E-state index contributed by atoms with van der Waals surface area (Å²) in [6, 6.07) is 7.14. The second kappa shape index (κ2) is 3.28. The number of anilines is 1. The number of phenols is 1. The number of hydrogen-bond acceptors (Lipinski definition) is 3. The summed E-state index contributed by atoms with van der Waals surface area (Å²) in [5.41, 5.74) is 9.16. The van der Waals surface area contributed by atoms with Crippen molar-refractivity contribution < 1.29 is 5.11 Å². The Labute approximate surface area is 97.3 Å². The predicted octanol–water partition coefficient (Wildman–Crippen LogP) is 2.15. The number of benzene rings is 1. The third kappa shape index (κ3) is 1.36. The maximum atomic E-state index is 9.95. The molecule has 0 unspecified atom stereocenters. The lowest BCUT2D eigenvalue weighted by atomic mass is 10.1. The Morgan fingerprint density at radius 3 is 2.88 bits per heavy atom. The molecule has 2 aromatic heterocycles. The Morgan fingerprint density at radius 2 is 2.18 bits per heavy atom. The molecule has 0 saturated carbocycles. The van der Waals surface area contributed by atoms with E-state index < -0.39 is 0 Å². The van der Waals surface area contributed by atoms with Crippen molar-refractivity contribution >= 4 is 16.7 Å². The summed E-state index contributed by atoms with van der Waals surface area (Å²) < 4.78 is 0. The Bertz CT molecular complexity index is 696. The number of hydrogen-bond donors (Lipinski definition) is 4. The van der Waals surface area contributed by atoms with Gasteiger partial charge in [0.2, 0.25) is 0 Å². The molecular weight excluding hydrogens is 216 g/mol. The van der Waals surface area contributed by atoms with Crippen LogP contribution in [-0.2, 0) is 0 Å². The van der Waals surface area contributed by atoms with E-state index in [0.717, 1.165) is 27.9 Å². The van der Waals surface area contributed by atoms with Crippen molar-refractivity contribution in [2.75, 3.05) is 5.73 Å². The average molecular weight is 228 g/mol. The summed E-state index contributed by atoms with van der Waals surface area (Å²) in [6.07, 6.45) is 0. The average Bonchev–Trinajstić information content (AvgIpc) is 2.82. The molecule has 0 atom stereocenters. The van der Waals surface area contributed by atoms with Gasteiger partial charge in [-0.3, -0.25) is 5.10 Å². The van der Waals surface area contributed by atoms with Crippen LogP contribution >= 0.6 is 0 Å². The third-order valence-electron chi connectivity index (χ3n) is 2.86. The lowest BCUT2D eigenvalue weighted by Crippen LogP contribution is -1.81. The second-order valence-corrected chi connectivity index (χ2v) is 4.03. The Morgan fingerprint density at radius 1 is 1.35 bits per heavy atom. The summed E-state index contributed by atoms with van der Waals surface area (Å²) >= 11 is 0. The van der Waals surface area contributed by atoms with Crippen LogP contribution in [-0.4, -0.2) is 20.3 Å². The van der Waals surface area contributed by atoms with Crippen molar-refractivity contribution in [3.63, 3.8) is 0 Å². The number of fused-ring (bicyclic) bond motifs is 1. The van der Waals surface area contributed by atoms with E-state index in [9.17, 15) is 5.11 Å². The molecule has 0 amide bonds. The van der Waals surface area contributed by atoms with Crippen LogP contribution in [0.5, 0.6) is 5.75 Å². The number of nitrogens with one attached hydrogen (secondary N) is 2. The van der Waals surface area contributed by atoms with Gasteiger partial charge in [-0.15, -0.1) is 0 Å². The van der Waals surface area contributed by atoms with Crippen molar-refractivity contribution in [3.05, 3.63) is 30.0 Å². The highest BCUT2D eigenvalue weighted by Gasteiger charge is 2.15. The van der Waals surface area contributed by atoms with Crippen LogP contribution in [0.1, 0.15) is 5.69 Å². The zero-order valence-electron chi connectivity index (χ0n) is 9.28. The molecule has 0 aliphatic heterocycles. The number of nitrogen functional groups attached to an aromatic ring is 1. The number of aromatic nitrogens is 3. The van der Waals surface area contributed by atoms with Crippen LogP contribution in [0.3, 0.4) is 0 Å². The highest BCUT2D eigenvalue weighted by Crippen LogP contribution is 2.36. The first-order valence-corrected chi connectivity index (χ1v) is 5.28. The van der Waals surface area contributed by atoms with Crippen LogP contribution in [0.2, 0.25) is 0 Å². The molecule has 1 aromatic carbocycles. The molecule has 0 radical (unpaired) electrons. The summed E-state index contributed by atoms with van der Waals surface area (Å²) in [6.45, 7) is 1.95. The number of aromatic hydroxyl groups is 1. The Kier molecular flexibility index (Phi) is 1.89. The van der Waals surface area contributed by atoms with E-state index in [0.29, 0.717) is 5.82 Å². The molecule has 0 aliphatic carbocycles. The smallest absolute Gasteiger partial charge is 0.145 e. The standard InChI is InChI=1S/C12H12N4O/c1-6-11(8-5-10(13)16-15-8)12-7(14-6)3-2-4-9(12)17/h2-5,14,17H,1H3,(H3,13,15,16). The molecule has 86 valence electrons. The third-order valence-corrected chi connectivity index (χ3v) is 2.86. The molecule has 0 saturated heterocycles. The zero-order chi connectivity index (χ0) is 12.0. The number of phenolic OH excluding ortho intramolecular Hbond substituents is 1. The molecular formula is C12H12N4O. The van der Waals surface area contributed by atoms with Gasteiger partial charge < -0.3 is 15.8 Å². The van der Waals surface area contributed by atoms with Gasteiger partial charge in [0.05, 0.1) is 16.6 Å². The number of nitrogens with zero attached hydrogens (tertiary/aromatic N) is 1. The maximum Gasteiger partial charge on any atom is 0.145 e. The van der Waals surface area contributed by atoms with Gasteiger partial charge in [-0.05, 0) is 19.1 Å². The molecule has 0 aliphatic rings. The quantitative estimate of drug-likeness (QED) is 0.514. The van der Waals surface area contributed by atoms with Crippen LogP contribution < -0.4 is 5.73 Å². The molecule has 3 aromatic rings. The number of aromatic amines is 2. The second-order valence-electron chi connectivity index (χ2n) is 4.03. The Hall–Kier alpha value is -2.43. The summed E-state index contributed by atoms with van der Waals surface area (Å²) in [7, 11) is 0. The number of aryl methyl sites for hydroxylation is 1. The molecule has 5 heteroatoms. The summed E-state index contributed by atoms with van der Waals surface area (Å²) in [5.74, 6) is 0.680. The van der Waals surface area contributed by atoms with Gasteiger partial charge in [0.15, 0.2) is 0 Å². The molecule has 5 nitrogen and oxygen atoms in total. The fraction of sp³-hybridized carbons (Fsp3) is 0.0833. The van der Waals surface area contributed by atoms with Gasteiger partial charge in [0, 0.05) is 17.3 Å². The molecule has 3 rings (SSSR count). The van der Waals surface area contributed by atoms with Crippen molar-refractivity contribution in [2.24, 2.45) is 0 Å². The minimum Gasteiger partial charge on any atom is -0.507 e. The number of nitrogens with two attached hydrogens (primary N) is 1. The fourth-order valence-corrected chi connectivity index (χ4v) is 2.16. The normalized spacial score (nSPS) is 11.1. The molecule has 0 spiro atoms. The van der Waals surface area contributed by atoms with Crippen LogP contribution in [0.4, 0.5) is 5.82 Å². The van der Waals surface area contributed by atoms with Gasteiger partial charge >= 0.3 is 0 Å². The number of H-pyrrole nitrogens is 2. The van der Waals surface area contributed by atoms with Crippen LogP contribution in [0, 0.1) is 6.92 Å². The van der Waals surface area contributed by atoms with Crippen molar-refractivity contribution in [1.82, 2.24) is 15.2 Å².